The average molecular weight is 259 g/mol. The van der Waals surface area contributed by atoms with Crippen LogP contribution >= 0.6 is 0 Å². The summed E-state index contributed by atoms with van der Waals surface area (Å²) in [4.78, 5) is 10.9. The van der Waals surface area contributed by atoms with E-state index in [0.29, 0.717) is 12.1 Å². The Morgan fingerprint density at radius 3 is 2.39 bits per heavy atom. The lowest BCUT2D eigenvalue weighted by molar-refractivity contribution is -0.137. The van der Waals surface area contributed by atoms with Crippen LogP contribution in [0.4, 0.5) is 18.0 Å². The maximum Gasteiger partial charge on any atom is 0.416 e. The molecule has 1 heterocycles. The molecule has 18 heavy (non-hydrogen) atoms. The summed E-state index contributed by atoms with van der Waals surface area (Å²) < 4.78 is 42.2. The van der Waals surface area contributed by atoms with Crippen LogP contribution in [0.25, 0.3) is 0 Å². The Balaban J connectivity index is 2.12. The van der Waals surface area contributed by atoms with Gasteiger partial charge < -0.3 is 10.1 Å². The summed E-state index contributed by atoms with van der Waals surface area (Å²) in [6, 6.07) is 4.91. The Bertz CT molecular complexity index is 442. The van der Waals surface area contributed by atoms with E-state index in [9.17, 15) is 18.0 Å². The molecule has 1 amide bonds. The molecule has 3 nitrogen and oxygen atoms in total. The molecule has 1 aromatic rings. The molecule has 0 saturated carbocycles. The third-order valence-corrected chi connectivity index (χ3v) is 3.03. The lowest BCUT2D eigenvalue weighted by atomic mass is 9.94. The van der Waals surface area contributed by atoms with Crippen molar-refractivity contribution in [1.29, 1.82) is 0 Å². The van der Waals surface area contributed by atoms with Crippen LogP contribution in [0, 0.1) is 0 Å². The number of nitrogens with one attached hydrogen (secondary N) is 1. The fraction of sp³-hybridized carbons (Fsp3) is 0.417. The Kier molecular flexibility index (Phi) is 3.19. The van der Waals surface area contributed by atoms with Gasteiger partial charge in [0.15, 0.2) is 0 Å². The van der Waals surface area contributed by atoms with Gasteiger partial charge in [-0.25, -0.2) is 4.79 Å². The van der Waals surface area contributed by atoms with Gasteiger partial charge in [-0.2, -0.15) is 13.2 Å². The topological polar surface area (TPSA) is 38.3 Å². The van der Waals surface area contributed by atoms with Crippen molar-refractivity contribution >= 4 is 6.09 Å². The van der Waals surface area contributed by atoms with Gasteiger partial charge in [-0.05, 0) is 17.7 Å². The predicted molar refractivity (Wildman–Crippen MR) is 58.1 cm³/mol. The molecule has 0 aliphatic carbocycles. The van der Waals surface area contributed by atoms with E-state index in [4.69, 9.17) is 4.74 Å². The molecule has 6 heteroatoms. The summed E-state index contributed by atoms with van der Waals surface area (Å²) in [6.07, 6.45) is -5.16. The summed E-state index contributed by atoms with van der Waals surface area (Å²) >= 11 is 0. The molecule has 0 spiro atoms. The first-order chi connectivity index (χ1) is 8.38. The van der Waals surface area contributed by atoms with Gasteiger partial charge in [0.25, 0.3) is 0 Å². The van der Waals surface area contributed by atoms with Gasteiger partial charge in [0.2, 0.25) is 0 Å². The molecular weight excluding hydrogens is 247 g/mol. The molecule has 0 aromatic heterocycles. The number of amides is 1. The van der Waals surface area contributed by atoms with Gasteiger partial charge in [-0.1, -0.05) is 19.1 Å². The minimum absolute atomic E-state index is 0.147. The summed E-state index contributed by atoms with van der Waals surface area (Å²) in [5, 5.41) is 2.51. The number of rotatable bonds is 2. The number of halogens is 3. The van der Waals surface area contributed by atoms with Crippen LogP contribution in [0.3, 0.4) is 0 Å². The van der Waals surface area contributed by atoms with E-state index in [2.05, 4.69) is 5.32 Å². The maximum atomic E-state index is 12.4. The SMILES string of the molecule is CC(c1ccc(C(F)(F)F)cc1)C1CNC(=O)O1. The third-order valence-electron chi connectivity index (χ3n) is 3.03. The number of ether oxygens (including phenoxy) is 1. The van der Waals surface area contributed by atoms with Crippen molar-refractivity contribution < 1.29 is 22.7 Å². The van der Waals surface area contributed by atoms with Crippen LogP contribution in [0.15, 0.2) is 24.3 Å². The van der Waals surface area contributed by atoms with Crippen LogP contribution in [0.1, 0.15) is 24.0 Å². The number of hydrogen-bond acceptors (Lipinski definition) is 2. The molecule has 98 valence electrons. The average Bonchev–Trinajstić information content (AvgIpc) is 2.74. The maximum absolute atomic E-state index is 12.4. The number of carbonyl (C=O) groups excluding carboxylic acids is 1. The molecular formula is C12H12F3NO2. The first kappa shape index (κ1) is 12.7. The van der Waals surface area contributed by atoms with E-state index in [1.165, 1.54) is 12.1 Å². The van der Waals surface area contributed by atoms with E-state index in [1.54, 1.807) is 0 Å². The standard InChI is InChI=1S/C12H12F3NO2/c1-7(10-6-16-11(17)18-10)8-2-4-9(5-3-8)12(13,14)15/h2-5,7,10H,6H2,1H3,(H,16,17). The number of cyclic esters (lactones) is 1. The van der Waals surface area contributed by atoms with E-state index in [0.717, 1.165) is 12.1 Å². The van der Waals surface area contributed by atoms with Gasteiger partial charge in [0.1, 0.15) is 6.10 Å². The normalized spacial score (nSPS) is 21.3. The van der Waals surface area contributed by atoms with Gasteiger partial charge in [-0.15, -0.1) is 0 Å². The van der Waals surface area contributed by atoms with Crippen molar-refractivity contribution in [3.63, 3.8) is 0 Å². The predicted octanol–water partition coefficient (Wildman–Crippen LogP) is 2.92. The third kappa shape index (κ3) is 2.57. The number of hydrogen-bond donors (Lipinski definition) is 1. The molecule has 1 aliphatic rings. The Hall–Kier alpha value is -1.72. The van der Waals surface area contributed by atoms with Crippen molar-refractivity contribution in [2.75, 3.05) is 6.54 Å². The smallest absolute Gasteiger partial charge is 0.416 e. The second-order valence-electron chi connectivity index (χ2n) is 4.23. The van der Waals surface area contributed by atoms with E-state index >= 15 is 0 Å². The van der Waals surface area contributed by atoms with E-state index in [1.807, 2.05) is 6.92 Å². The van der Waals surface area contributed by atoms with Crippen molar-refractivity contribution in [1.82, 2.24) is 5.32 Å². The highest BCUT2D eigenvalue weighted by Crippen LogP contribution is 2.31. The van der Waals surface area contributed by atoms with Crippen LogP contribution < -0.4 is 5.32 Å². The van der Waals surface area contributed by atoms with Crippen molar-refractivity contribution in [3.05, 3.63) is 35.4 Å². The summed E-state index contributed by atoms with van der Waals surface area (Å²) in [5.41, 5.74) is 0.0319. The zero-order valence-electron chi connectivity index (χ0n) is 9.62. The summed E-state index contributed by atoms with van der Waals surface area (Å²) in [5.74, 6) is -0.147. The first-order valence-corrected chi connectivity index (χ1v) is 5.49. The van der Waals surface area contributed by atoms with Crippen LogP contribution in [0.5, 0.6) is 0 Å². The fourth-order valence-corrected chi connectivity index (χ4v) is 1.87. The Labute approximate surface area is 102 Å². The zero-order chi connectivity index (χ0) is 13.3. The van der Waals surface area contributed by atoms with Gasteiger partial charge in [0.05, 0.1) is 12.1 Å². The molecule has 0 bridgehead atoms. The van der Waals surface area contributed by atoms with Gasteiger partial charge in [0, 0.05) is 5.92 Å². The molecule has 2 atom stereocenters. The van der Waals surface area contributed by atoms with Crippen molar-refractivity contribution in [2.45, 2.75) is 25.1 Å². The minimum Gasteiger partial charge on any atom is -0.444 e. The molecule has 1 fully saturated rings. The highest BCUT2D eigenvalue weighted by atomic mass is 19.4. The fourth-order valence-electron chi connectivity index (χ4n) is 1.87. The Morgan fingerprint density at radius 2 is 1.94 bits per heavy atom. The lowest BCUT2D eigenvalue weighted by Crippen LogP contribution is -2.20. The van der Waals surface area contributed by atoms with Gasteiger partial charge >= 0.3 is 12.3 Å². The number of alkyl halides is 3. The molecule has 1 aromatic carbocycles. The molecule has 1 N–H and O–H groups in total. The molecule has 2 rings (SSSR count). The first-order valence-electron chi connectivity index (χ1n) is 5.49. The van der Waals surface area contributed by atoms with Crippen molar-refractivity contribution in [2.24, 2.45) is 0 Å². The highest BCUT2D eigenvalue weighted by Gasteiger charge is 2.32. The molecule has 1 saturated heterocycles. The highest BCUT2D eigenvalue weighted by molar-refractivity contribution is 5.69. The summed E-state index contributed by atoms with van der Waals surface area (Å²) in [7, 11) is 0. The van der Waals surface area contributed by atoms with Crippen LogP contribution in [-0.4, -0.2) is 18.7 Å². The quantitative estimate of drug-likeness (QED) is 0.886. The molecule has 1 aliphatic heterocycles. The van der Waals surface area contributed by atoms with Crippen molar-refractivity contribution in [3.8, 4) is 0 Å². The second-order valence-corrected chi connectivity index (χ2v) is 4.23. The molecule has 0 radical (unpaired) electrons. The van der Waals surface area contributed by atoms with E-state index < -0.39 is 17.8 Å². The number of alkyl carbamates (subject to hydrolysis) is 1. The van der Waals surface area contributed by atoms with Gasteiger partial charge in [-0.3, -0.25) is 0 Å². The second kappa shape index (κ2) is 4.51. The monoisotopic (exact) mass is 259 g/mol. The van der Waals surface area contributed by atoms with Crippen LogP contribution in [0.2, 0.25) is 0 Å². The lowest BCUT2D eigenvalue weighted by Gasteiger charge is -2.18. The number of benzene rings is 1. The summed E-state index contributed by atoms with van der Waals surface area (Å²) in [6.45, 7) is 2.19. The minimum atomic E-state index is -4.33. The Morgan fingerprint density at radius 1 is 1.33 bits per heavy atom. The number of carbonyl (C=O) groups is 1. The zero-order valence-corrected chi connectivity index (χ0v) is 9.62. The van der Waals surface area contributed by atoms with Crippen LogP contribution in [-0.2, 0) is 10.9 Å². The van der Waals surface area contributed by atoms with E-state index in [-0.39, 0.29) is 12.0 Å². The molecule has 2 unspecified atom stereocenters. The largest absolute Gasteiger partial charge is 0.444 e.